The number of hydrogen-bond donors (Lipinski definition) is 6. The number of carbonyl (C=O) groups is 2. The van der Waals surface area contributed by atoms with E-state index in [0.29, 0.717) is 12.8 Å². The minimum Gasteiger partial charge on any atom is -0.454 e. The molecule has 11 heteroatoms. The monoisotopic (exact) mass is 1050 g/mol. The van der Waals surface area contributed by atoms with Gasteiger partial charge in [-0.05, 0) is 109 Å². The second-order valence-electron chi connectivity index (χ2n) is 19.6. The second kappa shape index (κ2) is 50.9. The number of amides is 1. The van der Waals surface area contributed by atoms with Crippen LogP contribution in [-0.4, -0.2) is 99.6 Å². The lowest BCUT2D eigenvalue weighted by Gasteiger charge is -2.41. The number of unbranched alkanes of at least 4 members (excludes halogenated alkanes) is 15. The summed E-state index contributed by atoms with van der Waals surface area (Å²) in [5.74, 6) is -1.28. The van der Waals surface area contributed by atoms with Gasteiger partial charge in [-0.1, -0.05) is 213 Å². The Kier molecular flexibility index (Phi) is 46.8. The van der Waals surface area contributed by atoms with Gasteiger partial charge in [-0.3, -0.25) is 9.59 Å². The Hall–Kier alpha value is -3.94. The minimum atomic E-state index is -1.64. The molecule has 0 radical (unpaired) electrons. The van der Waals surface area contributed by atoms with E-state index in [0.717, 1.165) is 116 Å². The number of nitrogens with one attached hydrogen (secondary N) is 1. The standard InChI is InChI=1S/C64H105NO10/c1-4-7-10-13-16-19-22-25-26-27-28-29-30-31-32-34-37-40-43-46-49-52-59(69)75-62-61(71)60(70)58(53-66)74-64(62)73-54-55(56(67)50-47-44-41-38-35-24-21-18-15-12-9-6-3)65-63(72)57(68)51-48-45-42-39-36-33-23-20-17-14-11-8-5-2/h7-8,10-11,16-17,19-20,25-26,28-29,31-33,36-37,40,47,50,55-58,60-62,64,66-68,70-71H,4-6,9,12-15,18,21-24,27,30,34-35,38-39,41-46,48-49,51-54H2,1-3H3,(H,65,72)/b10-7-,11-8+,19-16-,20-17+,26-25-,29-28-,32-31-,36-33+,40-37-,50-47+. The largest absolute Gasteiger partial charge is 0.454 e. The summed E-state index contributed by atoms with van der Waals surface area (Å²) < 4.78 is 17.5. The summed E-state index contributed by atoms with van der Waals surface area (Å²) in [4.78, 5) is 26.5. The van der Waals surface area contributed by atoms with E-state index >= 15 is 0 Å². The Morgan fingerprint density at radius 2 is 0.960 bits per heavy atom. The smallest absolute Gasteiger partial charge is 0.306 e. The Labute approximate surface area is 455 Å². The third-order valence-corrected chi connectivity index (χ3v) is 12.9. The molecule has 0 aromatic carbocycles. The van der Waals surface area contributed by atoms with Crippen molar-refractivity contribution in [2.75, 3.05) is 13.2 Å². The molecular weight excluding hydrogens is 943 g/mol. The normalized spacial score (nSPS) is 20.1. The van der Waals surface area contributed by atoms with Gasteiger partial charge in [0.25, 0.3) is 0 Å². The molecular formula is C64H105NO10. The highest BCUT2D eigenvalue weighted by molar-refractivity contribution is 5.80. The van der Waals surface area contributed by atoms with E-state index in [2.05, 4.69) is 135 Å². The van der Waals surface area contributed by atoms with Crippen LogP contribution < -0.4 is 5.32 Å². The Morgan fingerprint density at radius 1 is 0.533 bits per heavy atom. The van der Waals surface area contributed by atoms with Gasteiger partial charge in [-0.25, -0.2) is 0 Å². The average molecular weight is 1050 g/mol. The Balaban J connectivity index is 2.75. The molecule has 75 heavy (non-hydrogen) atoms. The molecule has 1 rings (SSSR count). The van der Waals surface area contributed by atoms with Crippen molar-refractivity contribution in [3.63, 3.8) is 0 Å². The van der Waals surface area contributed by atoms with Crippen molar-refractivity contribution in [3.05, 3.63) is 122 Å². The molecule has 0 aromatic heterocycles. The van der Waals surface area contributed by atoms with E-state index in [1.807, 2.05) is 6.08 Å². The molecule has 0 spiro atoms. The molecule has 6 N–H and O–H groups in total. The zero-order valence-electron chi connectivity index (χ0n) is 46.9. The molecule has 1 fully saturated rings. The van der Waals surface area contributed by atoms with E-state index < -0.39 is 67.4 Å². The molecule has 0 aromatic rings. The van der Waals surface area contributed by atoms with Crippen LogP contribution in [0.4, 0.5) is 0 Å². The van der Waals surface area contributed by atoms with Crippen molar-refractivity contribution in [1.82, 2.24) is 5.32 Å². The molecule has 0 saturated carbocycles. The highest BCUT2D eigenvalue weighted by atomic mass is 16.7. The highest BCUT2D eigenvalue weighted by Crippen LogP contribution is 2.26. The molecule has 1 aliphatic heterocycles. The van der Waals surface area contributed by atoms with Crippen molar-refractivity contribution in [3.8, 4) is 0 Å². The first-order valence-corrected chi connectivity index (χ1v) is 29.3. The molecule has 426 valence electrons. The molecule has 0 aliphatic carbocycles. The topological polar surface area (TPSA) is 175 Å². The highest BCUT2D eigenvalue weighted by Gasteiger charge is 2.47. The van der Waals surface area contributed by atoms with Gasteiger partial charge in [0.05, 0.1) is 25.4 Å². The zero-order valence-corrected chi connectivity index (χ0v) is 46.9. The van der Waals surface area contributed by atoms with E-state index in [1.165, 1.54) is 44.9 Å². The lowest BCUT2D eigenvalue weighted by Crippen LogP contribution is -2.61. The lowest BCUT2D eigenvalue weighted by atomic mass is 9.99. The summed E-state index contributed by atoms with van der Waals surface area (Å²) in [6, 6.07) is -1.05. The number of ether oxygens (including phenoxy) is 3. The number of carbonyl (C=O) groups excluding carboxylic acids is 2. The third-order valence-electron chi connectivity index (χ3n) is 12.9. The predicted octanol–water partition coefficient (Wildman–Crippen LogP) is 13.5. The first-order valence-electron chi connectivity index (χ1n) is 29.3. The number of rotatable bonds is 47. The fourth-order valence-electron chi connectivity index (χ4n) is 8.25. The predicted molar refractivity (Wildman–Crippen MR) is 310 cm³/mol. The van der Waals surface area contributed by atoms with Gasteiger partial charge in [-0.2, -0.15) is 0 Å². The number of aliphatic hydroxyl groups excluding tert-OH is 5. The molecule has 11 nitrogen and oxygen atoms in total. The maximum atomic E-state index is 13.4. The summed E-state index contributed by atoms with van der Waals surface area (Å²) in [6.07, 6.45) is 59.6. The third kappa shape index (κ3) is 39.1. The van der Waals surface area contributed by atoms with Crippen LogP contribution in [0.1, 0.15) is 207 Å². The van der Waals surface area contributed by atoms with Gasteiger partial charge in [-0.15, -0.1) is 0 Å². The first kappa shape index (κ1) is 69.1. The van der Waals surface area contributed by atoms with Crippen LogP contribution in [-0.2, 0) is 23.8 Å². The average Bonchev–Trinajstić information content (AvgIpc) is 3.41. The van der Waals surface area contributed by atoms with Gasteiger partial charge in [0, 0.05) is 6.42 Å². The molecule has 0 bridgehead atoms. The maximum Gasteiger partial charge on any atom is 0.306 e. The first-order chi connectivity index (χ1) is 36.7. The number of allylic oxidation sites excluding steroid dienone is 19. The van der Waals surface area contributed by atoms with Gasteiger partial charge < -0.3 is 45.1 Å². The number of aliphatic hydroxyl groups is 5. The SMILES string of the molecule is CC/C=C\C/C=C\C/C=C\C/C=C\C/C=C\C/C=C\CCCCC(=O)OC1C(OCC(NC(=O)C(O)CCCCC/C=C/C/C=C/C/C=C/CC)C(O)/C=C/CCCCCCCCCCCC)OC(CO)C(O)C1O. The summed E-state index contributed by atoms with van der Waals surface area (Å²) in [5, 5.41) is 56.8. The quantitative estimate of drug-likeness (QED) is 0.0195. The van der Waals surface area contributed by atoms with Crippen LogP contribution in [0.25, 0.3) is 0 Å². The summed E-state index contributed by atoms with van der Waals surface area (Å²) in [7, 11) is 0. The van der Waals surface area contributed by atoms with Gasteiger partial charge in [0.15, 0.2) is 12.4 Å². The lowest BCUT2D eigenvalue weighted by molar-refractivity contribution is -0.305. The van der Waals surface area contributed by atoms with Crippen LogP contribution in [0.15, 0.2) is 122 Å². The summed E-state index contributed by atoms with van der Waals surface area (Å²) in [6.45, 7) is 5.49. The Morgan fingerprint density at radius 3 is 1.44 bits per heavy atom. The Bertz CT molecular complexity index is 1680. The van der Waals surface area contributed by atoms with Crippen LogP contribution in [0, 0.1) is 0 Å². The fraction of sp³-hybridized carbons (Fsp3) is 0.656. The number of esters is 1. The molecule has 8 atom stereocenters. The van der Waals surface area contributed by atoms with E-state index in [9.17, 15) is 35.1 Å². The molecule has 1 aliphatic rings. The van der Waals surface area contributed by atoms with Gasteiger partial charge in [0.1, 0.15) is 24.4 Å². The van der Waals surface area contributed by atoms with Crippen LogP contribution >= 0.6 is 0 Å². The zero-order chi connectivity index (χ0) is 54.7. The van der Waals surface area contributed by atoms with Crippen molar-refractivity contribution in [1.29, 1.82) is 0 Å². The van der Waals surface area contributed by atoms with Crippen molar-refractivity contribution < 1.29 is 49.3 Å². The van der Waals surface area contributed by atoms with E-state index in [-0.39, 0.29) is 19.4 Å². The maximum absolute atomic E-state index is 13.4. The van der Waals surface area contributed by atoms with Gasteiger partial charge in [0.2, 0.25) is 5.91 Å². The van der Waals surface area contributed by atoms with Crippen LogP contribution in [0.3, 0.4) is 0 Å². The van der Waals surface area contributed by atoms with Gasteiger partial charge >= 0.3 is 5.97 Å². The summed E-state index contributed by atoms with van der Waals surface area (Å²) >= 11 is 0. The molecule has 1 amide bonds. The van der Waals surface area contributed by atoms with Crippen molar-refractivity contribution >= 4 is 11.9 Å². The van der Waals surface area contributed by atoms with E-state index in [1.54, 1.807) is 6.08 Å². The van der Waals surface area contributed by atoms with Crippen molar-refractivity contribution in [2.24, 2.45) is 0 Å². The molecule has 1 heterocycles. The molecule has 8 unspecified atom stereocenters. The fourth-order valence-corrected chi connectivity index (χ4v) is 8.25. The summed E-state index contributed by atoms with van der Waals surface area (Å²) in [5.41, 5.74) is 0. The van der Waals surface area contributed by atoms with Crippen LogP contribution in [0.2, 0.25) is 0 Å². The van der Waals surface area contributed by atoms with Crippen molar-refractivity contribution in [2.45, 2.75) is 256 Å². The van der Waals surface area contributed by atoms with Crippen LogP contribution in [0.5, 0.6) is 0 Å². The number of hydrogen-bond acceptors (Lipinski definition) is 10. The molecule has 1 saturated heterocycles. The van der Waals surface area contributed by atoms with E-state index in [4.69, 9.17) is 14.2 Å². The minimum absolute atomic E-state index is 0.0585. The second-order valence-corrected chi connectivity index (χ2v) is 19.6.